The van der Waals surface area contributed by atoms with Crippen molar-refractivity contribution >= 4 is 11.6 Å². The van der Waals surface area contributed by atoms with Gasteiger partial charge in [0.15, 0.2) is 0 Å². The van der Waals surface area contributed by atoms with Gasteiger partial charge in [-0.1, -0.05) is 19.8 Å². The fourth-order valence-electron chi connectivity index (χ4n) is 2.26. The van der Waals surface area contributed by atoms with Crippen LogP contribution in [0.2, 0.25) is 0 Å². The highest BCUT2D eigenvalue weighted by Gasteiger charge is 2.17. The van der Waals surface area contributed by atoms with Crippen LogP contribution >= 0.6 is 0 Å². The normalized spacial score (nSPS) is 16.4. The lowest BCUT2D eigenvalue weighted by atomic mass is 10.2. The lowest BCUT2D eigenvalue weighted by Crippen LogP contribution is -2.19. The van der Waals surface area contributed by atoms with Crippen LogP contribution in [0.25, 0.3) is 0 Å². The van der Waals surface area contributed by atoms with E-state index in [1.165, 1.54) is 25.7 Å². The second-order valence-electron chi connectivity index (χ2n) is 4.17. The monoisotopic (exact) mass is 221 g/mol. The molecule has 0 radical (unpaired) electrons. The molecule has 0 bridgehead atoms. The van der Waals surface area contributed by atoms with Crippen LogP contribution in [0.3, 0.4) is 0 Å². The molecule has 0 atom stereocenters. The van der Waals surface area contributed by atoms with Gasteiger partial charge in [-0.05, 0) is 19.3 Å². The van der Waals surface area contributed by atoms with E-state index in [9.17, 15) is 0 Å². The van der Waals surface area contributed by atoms with E-state index in [1.807, 2.05) is 0 Å². The first-order chi connectivity index (χ1) is 7.85. The van der Waals surface area contributed by atoms with Crippen molar-refractivity contribution in [2.45, 2.75) is 45.1 Å². The maximum absolute atomic E-state index is 5.44. The minimum absolute atomic E-state index is 0.561. The molecule has 4 N–H and O–H groups in total. The molecule has 5 heteroatoms. The molecule has 1 aromatic rings. The first kappa shape index (κ1) is 11.1. The van der Waals surface area contributed by atoms with Gasteiger partial charge in [0.05, 0.1) is 0 Å². The molecule has 1 aliphatic carbocycles. The standard InChI is InChI=1S/C11H19N5/c1-2-9-10(13-7-14-11(9)16-12)15-8-5-3-4-6-8/h7-8H,2-6,12H2,1H3,(H2,13,14,15,16). The van der Waals surface area contributed by atoms with Gasteiger partial charge in [0, 0.05) is 11.6 Å². The van der Waals surface area contributed by atoms with Gasteiger partial charge in [0.2, 0.25) is 0 Å². The van der Waals surface area contributed by atoms with Crippen molar-refractivity contribution in [2.75, 3.05) is 10.7 Å². The molecule has 0 amide bonds. The highest BCUT2D eigenvalue weighted by atomic mass is 15.3. The number of rotatable bonds is 4. The summed E-state index contributed by atoms with van der Waals surface area (Å²) in [6.07, 6.45) is 7.51. The van der Waals surface area contributed by atoms with Crippen LogP contribution < -0.4 is 16.6 Å². The average Bonchev–Trinajstić information content (AvgIpc) is 2.81. The number of hydrazine groups is 1. The van der Waals surface area contributed by atoms with E-state index >= 15 is 0 Å². The molecule has 1 aliphatic rings. The van der Waals surface area contributed by atoms with Gasteiger partial charge in [-0.15, -0.1) is 0 Å². The van der Waals surface area contributed by atoms with E-state index in [0.717, 1.165) is 23.6 Å². The minimum atomic E-state index is 0.561. The molecule has 16 heavy (non-hydrogen) atoms. The molecule has 0 aliphatic heterocycles. The Morgan fingerprint density at radius 2 is 2.00 bits per heavy atom. The van der Waals surface area contributed by atoms with E-state index in [0.29, 0.717) is 6.04 Å². The van der Waals surface area contributed by atoms with Gasteiger partial charge in [-0.25, -0.2) is 15.8 Å². The van der Waals surface area contributed by atoms with Crippen LogP contribution in [-0.4, -0.2) is 16.0 Å². The lowest BCUT2D eigenvalue weighted by Gasteiger charge is -2.16. The molecule has 0 unspecified atom stereocenters. The zero-order valence-electron chi connectivity index (χ0n) is 9.66. The van der Waals surface area contributed by atoms with Crippen molar-refractivity contribution in [3.05, 3.63) is 11.9 Å². The van der Waals surface area contributed by atoms with Crippen molar-refractivity contribution in [1.82, 2.24) is 9.97 Å². The van der Waals surface area contributed by atoms with E-state index in [2.05, 4.69) is 27.6 Å². The molecular weight excluding hydrogens is 202 g/mol. The van der Waals surface area contributed by atoms with Crippen molar-refractivity contribution in [3.63, 3.8) is 0 Å². The summed E-state index contributed by atoms with van der Waals surface area (Å²) in [5.41, 5.74) is 3.69. The number of nitrogens with zero attached hydrogens (tertiary/aromatic N) is 2. The van der Waals surface area contributed by atoms with E-state index in [4.69, 9.17) is 5.84 Å². The number of aromatic nitrogens is 2. The fraction of sp³-hybridized carbons (Fsp3) is 0.636. The highest BCUT2D eigenvalue weighted by molar-refractivity contribution is 5.57. The number of anilines is 2. The van der Waals surface area contributed by atoms with E-state index in [-0.39, 0.29) is 0 Å². The first-order valence-corrected chi connectivity index (χ1v) is 5.92. The molecule has 0 saturated heterocycles. The van der Waals surface area contributed by atoms with Crippen molar-refractivity contribution < 1.29 is 0 Å². The molecule has 1 fully saturated rings. The third-order valence-electron chi connectivity index (χ3n) is 3.13. The quantitative estimate of drug-likeness (QED) is 0.532. The van der Waals surface area contributed by atoms with Gasteiger partial charge in [0.1, 0.15) is 18.0 Å². The molecule has 88 valence electrons. The number of nitrogen functional groups attached to an aromatic ring is 1. The third kappa shape index (κ3) is 2.24. The number of nitrogens with one attached hydrogen (secondary N) is 2. The largest absolute Gasteiger partial charge is 0.367 e. The molecule has 2 rings (SSSR count). The SMILES string of the molecule is CCc1c(NN)ncnc1NC1CCCC1. The number of hydrogen-bond donors (Lipinski definition) is 3. The van der Waals surface area contributed by atoms with Crippen LogP contribution in [0.5, 0.6) is 0 Å². The van der Waals surface area contributed by atoms with Crippen molar-refractivity contribution in [2.24, 2.45) is 5.84 Å². The predicted octanol–water partition coefficient (Wildman–Crippen LogP) is 1.68. The Balaban J connectivity index is 2.18. The Labute approximate surface area is 95.8 Å². The summed E-state index contributed by atoms with van der Waals surface area (Å²) >= 11 is 0. The third-order valence-corrected chi connectivity index (χ3v) is 3.13. The summed E-state index contributed by atoms with van der Waals surface area (Å²) in [6.45, 7) is 2.08. The lowest BCUT2D eigenvalue weighted by molar-refractivity contribution is 0.747. The Kier molecular flexibility index (Phi) is 3.56. The summed E-state index contributed by atoms with van der Waals surface area (Å²) in [5, 5.41) is 3.49. The molecule has 5 nitrogen and oxygen atoms in total. The van der Waals surface area contributed by atoms with E-state index < -0.39 is 0 Å². The molecule has 0 aromatic carbocycles. The maximum atomic E-state index is 5.44. The Hall–Kier alpha value is -1.36. The summed E-state index contributed by atoms with van der Waals surface area (Å²) in [4.78, 5) is 8.42. The van der Waals surface area contributed by atoms with Crippen LogP contribution in [0.4, 0.5) is 11.6 Å². The molecular formula is C11H19N5. The maximum Gasteiger partial charge on any atom is 0.148 e. The Bertz CT molecular complexity index is 346. The molecule has 1 heterocycles. The summed E-state index contributed by atoms with van der Waals surface area (Å²) in [7, 11) is 0. The van der Waals surface area contributed by atoms with Gasteiger partial charge >= 0.3 is 0 Å². The zero-order valence-corrected chi connectivity index (χ0v) is 9.66. The average molecular weight is 221 g/mol. The smallest absolute Gasteiger partial charge is 0.148 e. The Morgan fingerprint density at radius 3 is 2.62 bits per heavy atom. The Morgan fingerprint density at radius 1 is 1.31 bits per heavy atom. The van der Waals surface area contributed by atoms with Gasteiger partial charge in [-0.3, -0.25) is 0 Å². The summed E-state index contributed by atoms with van der Waals surface area (Å²) in [5.74, 6) is 7.08. The fourth-order valence-corrected chi connectivity index (χ4v) is 2.26. The van der Waals surface area contributed by atoms with E-state index in [1.54, 1.807) is 6.33 Å². The summed E-state index contributed by atoms with van der Waals surface area (Å²) in [6, 6.07) is 0.561. The zero-order chi connectivity index (χ0) is 11.4. The van der Waals surface area contributed by atoms with Gasteiger partial charge in [-0.2, -0.15) is 0 Å². The molecule has 0 spiro atoms. The summed E-state index contributed by atoms with van der Waals surface area (Å²) < 4.78 is 0. The van der Waals surface area contributed by atoms with Crippen LogP contribution in [0, 0.1) is 0 Å². The highest BCUT2D eigenvalue weighted by Crippen LogP contribution is 2.25. The van der Waals surface area contributed by atoms with Crippen molar-refractivity contribution in [3.8, 4) is 0 Å². The topological polar surface area (TPSA) is 75.9 Å². The van der Waals surface area contributed by atoms with Crippen LogP contribution in [-0.2, 0) is 6.42 Å². The second kappa shape index (κ2) is 5.12. The van der Waals surface area contributed by atoms with Crippen molar-refractivity contribution in [1.29, 1.82) is 0 Å². The predicted molar refractivity (Wildman–Crippen MR) is 65.1 cm³/mol. The van der Waals surface area contributed by atoms with Gasteiger partial charge in [0.25, 0.3) is 0 Å². The minimum Gasteiger partial charge on any atom is -0.367 e. The second-order valence-corrected chi connectivity index (χ2v) is 4.17. The first-order valence-electron chi connectivity index (χ1n) is 5.92. The number of nitrogens with two attached hydrogens (primary N) is 1. The number of hydrogen-bond acceptors (Lipinski definition) is 5. The van der Waals surface area contributed by atoms with Crippen LogP contribution in [0.15, 0.2) is 6.33 Å². The van der Waals surface area contributed by atoms with Gasteiger partial charge < -0.3 is 10.7 Å². The van der Waals surface area contributed by atoms with Crippen LogP contribution in [0.1, 0.15) is 38.2 Å². The molecule has 1 saturated carbocycles. The molecule has 1 aromatic heterocycles.